The maximum atomic E-state index is 15.4. The number of rotatable bonds is 7. The largest absolute Gasteiger partial charge is 0.309 e. The van der Waals surface area contributed by atoms with Gasteiger partial charge in [-0.1, -0.05) is 18.2 Å². The van der Waals surface area contributed by atoms with E-state index < -0.39 is 37.6 Å². The van der Waals surface area contributed by atoms with Crippen molar-refractivity contribution in [2.75, 3.05) is 0 Å². The third kappa shape index (κ3) is 5.54. The Morgan fingerprint density at radius 3 is 0.961 bits per heavy atom. The van der Waals surface area contributed by atoms with Gasteiger partial charge in [0, 0.05) is 48.3 Å². The van der Waals surface area contributed by atoms with Crippen LogP contribution in [0.5, 0.6) is 0 Å². The Labute approximate surface area is 291 Å². The summed E-state index contributed by atoms with van der Waals surface area (Å²) < 4.78 is 89.2. The molecule has 250 valence electrons. The molecule has 0 aliphatic carbocycles. The van der Waals surface area contributed by atoms with E-state index in [1.807, 2.05) is 54.6 Å². The van der Waals surface area contributed by atoms with Crippen molar-refractivity contribution in [2.24, 2.45) is 0 Å². The molecular weight excluding hydrogens is 688 g/mol. The number of benzene rings is 7. The van der Waals surface area contributed by atoms with Crippen molar-refractivity contribution in [3.63, 3.8) is 0 Å². The molecule has 3 nitrogen and oxygen atoms in total. The zero-order valence-electron chi connectivity index (χ0n) is 26.8. The number of fused-ring (bicyclic) bond motifs is 3. The second kappa shape index (κ2) is 12.7. The molecule has 1 heterocycles. The summed E-state index contributed by atoms with van der Waals surface area (Å²) in [5, 5.41) is 3.76. The summed E-state index contributed by atoms with van der Waals surface area (Å²) in [6.07, 6.45) is 0. The molecule has 0 saturated carbocycles. The molecule has 0 N–H and O–H groups in total. The highest BCUT2D eigenvalue weighted by Crippen LogP contribution is 2.46. The Bertz CT molecular complexity index is 2390. The van der Waals surface area contributed by atoms with E-state index >= 15 is 9.13 Å². The molecule has 0 spiro atoms. The number of aromatic nitrogens is 1. The first-order valence-corrected chi connectivity index (χ1v) is 19.5. The summed E-state index contributed by atoms with van der Waals surface area (Å²) in [6.45, 7) is 0. The number of hydrogen-bond donors (Lipinski definition) is 0. The van der Waals surface area contributed by atoms with Gasteiger partial charge in [0.05, 0.1) is 11.0 Å². The highest BCUT2D eigenvalue weighted by Gasteiger charge is 2.33. The van der Waals surface area contributed by atoms with Crippen LogP contribution in [0.3, 0.4) is 0 Å². The van der Waals surface area contributed by atoms with Crippen molar-refractivity contribution < 1.29 is 26.7 Å². The van der Waals surface area contributed by atoms with Gasteiger partial charge in [-0.15, -0.1) is 0 Å². The van der Waals surface area contributed by atoms with Gasteiger partial charge in [-0.2, -0.15) is 0 Å². The first kappa shape index (κ1) is 32.7. The lowest BCUT2D eigenvalue weighted by atomic mass is 10.1. The molecule has 1 aromatic heterocycles. The van der Waals surface area contributed by atoms with E-state index in [0.29, 0.717) is 42.6 Å². The smallest absolute Gasteiger partial charge is 0.171 e. The van der Waals surface area contributed by atoms with E-state index in [-0.39, 0.29) is 0 Å². The van der Waals surface area contributed by atoms with Crippen LogP contribution in [0.25, 0.3) is 27.5 Å². The van der Waals surface area contributed by atoms with Crippen molar-refractivity contribution in [2.45, 2.75) is 0 Å². The number of para-hydroxylation sites is 1. The predicted octanol–water partition coefficient (Wildman–Crippen LogP) is 8.62. The van der Waals surface area contributed by atoms with Crippen molar-refractivity contribution in [1.29, 1.82) is 0 Å². The average molecular weight is 716 g/mol. The van der Waals surface area contributed by atoms with E-state index in [0.717, 1.165) is 16.7 Å². The van der Waals surface area contributed by atoms with E-state index in [2.05, 4.69) is 4.57 Å². The SMILES string of the molecule is O=P(c1ccc(F)cc1)(c1ccc(F)cc1)c1ccc2c(c1)c1cc(P(=O)(c3ccc(F)cc3)c3ccc(F)cc3)ccc1n2-c1ccccc1. The molecule has 0 amide bonds. The molecule has 0 radical (unpaired) electrons. The molecule has 9 heteroatoms. The van der Waals surface area contributed by atoms with E-state index in [1.165, 1.54) is 97.1 Å². The van der Waals surface area contributed by atoms with Gasteiger partial charge in [0.25, 0.3) is 0 Å². The summed E-state index contributed by atoms with van der Waals surface area (Å²) in [5.41, 5.74) is 2.42. The molecule has 51 heavy (non-hydrogen) atoms. The monoisotopic (exact) mass is 715 g/mol. The Balaban J connectivity index is 1.43. The number of nitrogens with zero attached hydrogens (tertiary/aromatic N) is 1. The standard InChI is InChI=1S/C42H27F4NO2P2/c43-28-6-14-33(15-7-28)50(48,34-16-8-29(44)9-17-34)37-22-24-41-39(26-37)40-27-38(23-25-42(40)47(41)32-4-2-1-3-5-32)51(49,35-18-10-30(45)11-19-35)36-20-12-31(46)13-21-36/h1-27H. The summed E-state index contributed by atoms with van der Waals surface area (Å²) in [7, 11) is -7.36. The van der Waals surface area contributed by atoms with Crippen LogP contribution in [0.15, 0.2) is 164 Å². The first-order valence-electron chi connectivity index (χ1n) is 16.1. The summed E-state index contributed by atoms with van der Waals surface area (Å²) in [5.74, 6) is -1.93. The fourth-order valence-electron chi connectivity index (χ4n) is 6.74. The second-order valence-electron chi connectivity index (χ2n) is 12.2. The van der Waals surface area contributed by atoms with Crippen molar-refractivity contribution >= 4 is 67.9 Å². The topological polar surface area (TPSA) is 39.1 Å². The van der Waals surface area contributed by atoms with Gasteiger partial charge in [-0.05, 0) is 146 Å². The van der Waals surface area contributed by atoms with Crippen LogP contribution in [0.1, 0.15) is 0 Å². The van der Waals surface area contributed by atoms with E-state index in [1.54, 1.807) is 12.1 Å². The molecular formula is C42H27F4NO2P2. The molecule has 0 aliphatic heterocycles. The molecule has 0 unspecified atom stereocenters. The normalized spacial score (nSPS) is 12.1. The van der Waals surface area contributed by atoms with Crippen LogP contribution in [0, 0.1) is 23.3 Å². The molecule has 0 bridgehead atoms. The number of halogens is 4. The predicted molar refractivity (Wildman–Crippen MR) is 199 cm³/mol. The Hall–Kier alpha value is -5.48. The van der Waals surface area contributed by atoms with Crippen LogP contribution in [0.2, 0.25) is 0 Å². The van der Waals surface area contributed by atoms with Crippen molar-refractivity contribution in [1.82, 2.24) is 4.57 Å². The fourth-order valence-corrected chi connectivity index (χ4v) is 12.0. The van der Waals surface area contributed by atoms with Crippen LogP contribution >= 0.6 is 14.3 Å². The molecule has 0 saturated heterocycles. The van der Waals surface area contributed by atoms with Gasteiger partial charge in [0.15, 0.2) is 14.3 Å². The maximum absolute atomic E-state index is 15.4. The quantitative estimate of drug-likeness (QED) is 0.123. The molecule has 8 aromatic rings. The van der Waals surface area contributed by atoms with Crippen LogP contribution in [-0.2, 0) is 9.13 Å². The lowest BCUT2D eigenvalue weighted by molar-refractivity contribution is 0.591. The molecule has 8 rings (SSSR count). The van der Waals surface area contributed by atoms with Crippen molar-refractivity contribution in [3.05, 3.63) is 187 Å². The Kier molecular flexibility index (Phi) is 8.14. The minimum absolute atomic E-state index is 0.375. The molecule has 0 atom stereocenters. The highest BCUT2D eigenvalue weighted by atomic mass is 31.2. The maximum Gasteiger partial charge on any atom is 0.171 e. The van der Waals surface area contributed by atoms with Crippen LogP contribution in [0.4, 0.5) is 17.6 Å². The van der Waals surface area contributed by atoms with Gasteiger partial charge in [0.2, 0.25) is 0 Å². The summed E-state index contributed by atoms with van der Waals surface area (Å²) in [6, 6.07) is 42.5. The average Bonchev–Trinajstić information content (AvgIpc) is 3.49. The van der Waals surface area contributed by atoms with Gasteiger partial charge >= 0.3 is 0 Å². The molecule has 0 fully saturated rings. The Morgan fingerprint density at radius 2 is 0.647 bits per heavy atom. The van der Waals surface area contributed by atoms with E-state index in [4.69, 9.17) is 0 Å². The van der Waals surface area contributed by atoms with E-state index in [9.17, 15) is 17.6 Å². The lowest BCUT2D eigenvalue weighted by Crippen LogP contribution is -2.25. The number of hydrogen-bond acceptors (Lipinski definition) is 2. The fraction of sp³-hybridized carbons (Fsp3) is 0. The highest BCUT2D eigenvalue weighted by molar-refractivity contribution is 7.85. The third-order valence-corrected chi connectivity index (χ3v) is 15.3. The van der Waals surface area contributed by atoms with Crippen LogP contribution < -0.4 is 31.8 Å². The van der Waals surface area contributed by atoms with Gasteiger partial charge in [0.1, 0.15) is 23.3 Å². The first-order chi connectivity index (χ1) is 24.7. The molecule has 0 aliphatic rings. The van der Waals surface area contributed by atoms with Crippen molar-refractivity contribution in [3.8, 4) is 5.69 Å². The van der Waals surface area contributed by atoms with Gasteiger partial charge < -0.3 is 13.7 Å². The zero-order chi connectivity index (χ0) is 35.3. The third-order valence-electron chi connectivity index (χ3n) is 9.23. The van der Waals surface area contributed by atoms with Gasteiger partial charge in [-0.3, -0.25) is 0 Å². The zero-order valence-corrected chi connectivity index (χ0v) is 28.5. The minimum Gasteiger partial charge on any atom is -0.309 e. The molecule has 7 aromatic carbocycles. The van der Waals surface area contributed by atoms with Crippen LogP contribution in [-0.4, -0.2) is 4.57 Å². The summed E-state index contributed by atoms with van der Waals surface area (Å²) >= 11 is 0. The van der Waals surface area contributed by atoms with Gasteiger partial charge in [-0.25, -0.2) is 17.6 Å². The second-order valence-corrected chi connectivity index (χ2v) is 17.7. The summed E-state index contributed by atoms with van der Waals surface area (Å²) in [4.78, 5) is 0. The Morgan fingerprint density at radius 1 is 0.353 bits per heavy atom. The minimum atomic E-state index is -3.68. The lowest BCUT2D eigenvalue weighted by Gasteiger charge is -2.21.